The summed E-state index contributed by atoms with van der Waals surface area (Å²) in [5.74, 6) is 0.238. The van der Waals surface area contributed by atoms with Gasteiger partial charge in [0, 0.05) is 45.6 Å². The molecule has 9 nitrogen and oxygen atoms in total. The van der Waals surface area contributed by atoms with Crippen molar-refractivity contribution in [2.45, 2.75) is 89.8 Å². The molecule has 0 aromatic rings. The van der Waals surface area contributed by atoms with Crippen LogP contribution in [-0.2, 0) is 23.7 Å². The molecule has 1 saturated carbocycles. The maximum atomic E-state index is 13.0. The van der Waals surface area contributed by atoms with Crippen LogP contribution in [0.25, 0.3) is 0 Å². The van der Waals surface area contributed by atoms with Crippen LogP contribution in [0, 0.1) is 11.8 Å². The topological polar surface area (TPSA) is 96.2 Å². The molecule has 4 aliphatic rings. The first-order chi connectivity index (χ1) is 17.7. The van der Waals surface area contributed by atoms with E-state index in [1.54, 1.807) is 12.0 Å². The van der Waals surface area contributed by atoms with E-state index in [2.05, 4.69) is 50.9 Å². The van der Waals surface area contributed by atoms with Gasteiger partial charge >= 0.3 is 6.09 Å². The lowest BCUT2D eigenvalue weighted by Crippen LogP contribution is -2.58. The molecule has 1 unspecified atom stereocenters. The summed E-state index contributed by atoms with van der Waals surface area (Å²) in [5.41, 5.74) is 0.687. The maximum absolute atomic E-state index is 13.0. The summed E-state index contributed by atoms with van der Waals surface area (Å²) in [5, 5.41) is 3.00. The summed E-state index contributed by atoms with van der Waals surface area (Å²) in [7, 11) is 1.69. The van der Waals surface area contributed by atoms with Crippen molar-refractivity contribution < 1.29 is 28.5 Å². The first-order valence-electron chi connectivity index (χ1n) is 14.1. The van der Waals surface area contributed by atoms with Crippen LogP contribution in [0.3, 0.4) is 0 Å². The van der Waals surface area contributed by atoms with Crippen LogP contribution in [0.15, 0.2) is 11.6 Å². The molecule has 0 aromatic carbocycles. The molecule has 4 rings (SSSR count). The van der Waals surface area contributed by atoms with E-state index in [-0.39, 0.29) is 53.4 Å². The zero-order valence-corrected chi connectivity index (χ0v) is 23.6. The van der Waals surface area contributed by atoms with Gasteiger partial charge in [0.05, 0.1) is 18.6 Å². The van der Waals surface area contributed by atoms with Gasteiger partial charge in [0.15, 0.2) is 0 Å². The Kier molecular flexibility index (Phi) is 8.88. The molecular weight excluding hydrogens is 474 g/mol. The second kappa shape index (κ2) is 11.6. The standard InChI is InChI=1S/C28H47N3O6/c1-7-30(8-2)14-13-29-23(32)15-20-16-31(17-20)26(33)36-21-11-12-28(18-35-28)25(24(21)34-6)27(5)22(37-27)10-9-19(3)4/h9,20-22,24-25H,7-8,10-18H2,1-6H3,(H,29,32)/t21-,22-,24-,25?,27+,28+/m1/s1. The van der Waals surface area contributed by atoms with E-state index in [9.17, 15) is 9.59 Å². The van der Waals surface area contributed by atoms with Crippen molar-refractivity contribution in [2.24, 2.45) is 11.8 Å². The fourth-order valence-electron chi connectivity index (χ4n) is 6.35. The monoisotopic (exact) mass is 521 g/mol. The van der Waals surface area contributed by atoms with Gasteiger partial charge in [0.2, 0.25) is 5.91 Å². The molecule has 0 bridgehead atoms. The van der Waals surface area contributed by atoms with Gasteiger partial charge in [-0.1, -0.05) is 25.5 Å². The lowest BCUT2D eigenvalue weighted by atomic mass is 9.68. The van der Waals surface area contributed by atoms with Crippen molar-refractivity contribution in [3.63, 3.8) is 0 Å². The van der Waals surface area contributed by atoms with Crippen LogP contribution in [0.5, 0.6) is 0 Å². The lowest BCUT2D eigenvalue weighted by molar-refractivity contribution is -0.127. The number of carbonyl (C=O) groups excluding carboxylic acids is 2. The van der Waals surface area contributed by atoms with Gasteiger partial charge in [0.1, 0.15) is 23.4 Å². The number of hydrogen-bond donors (Lipinski definition) is 1. The average Bonchev–Trinajstić information content (AvgIpc) is 3.75. The third kappa shape index (κ3) is 6.32. The van der Waals surface area contributed by atoms with Crippen LogP contribution in [0.4, 0.5) is 4.79 Å². The van der Waals surface area contributed by atoms with Crippen LogP contribution >= 0.6 is 0 Å². The van der Waals surface area contributed by atoms with E-state index in [0.29, 0.717) is 39.1 Å². The smallest absolute Gasteiger partial charge is 0.410 e. The Balaban J connectivity index is 1.25. The first-order valence-corrected chi connectivity index (χ1v) is 14.1. The Morgan fingerprint density at radius 1 is 1.22 bits per heavy atom. The van der Waals surface area contributed by atoms with Crippen LogP contribution in [0.1, 0.15) is 60.3 Å². The second-order valence-corrected chi connectivity index (χ2v) is 11.7. The first kappa shape index (κ1) is 28.3. The highest BCUT2D eigenvalue weighted by molar-refractivity contribution is 5.77. The molecule has 1 aliphatic carbocycles. The van der Waals surface area contributed by atoms with Crippen molar-refractivity contribution in [1.82, 2.24) is 15.1 Å². The number of likely N-dealkylation sites (N-methyl/N-ethyl adjacent to an activating group) is 1. The zero-order valence-electron chi connectivity index (χ0n) is 23.6. The third-order valence-corrected chi connectivity index (χ3v) is 8.82. The molecule has 4 fully saturated rings. The molecule has 2 amide bonds. The van der Waals surface area contributed by atoms with Gasteiger partial charge in [-0.3, -0.25) is 4.79 Å². The number of allylic oxidation sites excluding steroid dienone is 1. The van der Waals surface area contributed by atoms with Crippen LogP contribution < -0.4 is 5.32 Å². The minimum absolute atomic E-state index is 0.0105. The summed E-state index contributed by atoms with van der Waals surface area (Å²) >= 11 is 0. The number of rotatable bonds is 12. The number of hydrogen-bond acceptors (Lipinski definition) is 7. The summed E-state index contributed by atoms with van der Waals surface area (Å²) in [6, 6.07) is 0. The number of nitrogens with one attached hydrogen (secondary N) is 1. The van der Waals surface area contributed by atoms with E-state index in [0.717, 1.165) is 32.5 Å². The molecule has 6 atom stereocenters. The predicted molar refractivity (Wildman–Crippen MR) is 140 cm³/mol. The Labute approximate surface area is 222 Å². The normalized spacial score (nSPS) is 34.7. The van der Waals surface area contributed by atoms with Gasteiger partial charge in [-0.15, -0.1) is 0 Å². The number of ether oxygens (including phenoxy) is 4. The highest BCUT2D eigenvalue weighted by Crippen LogP contribution is 2.59. The third-order valence-electron chi connectivity index (χ3n) is 8.82. The number of amides is 2. The van der Waals surface area contributed by atoms with E-state index in [1.807, 2.05) is 0 Å². The molecule has 0 aromatic heterocycles. The van der Waals surface area contributed by atoms with E-state index >= 15 is 0 Å². The molecule has 210 valence electrons. The minimum atomic E-state index is -0.352. The molecule has 9 heteroatoms. The van der Waals surface area contributed by atoms with E-state index < -0.39 is 0 Å². The minimum Gasteiger partial charge on any atom is -0.443 e. The Morgan fingerprint density at radius 3 is 2.51 bits per heavy atom. The molecule has 3 heterocycles. The fraction of sp³-hybridized carbons (Fsp3) is 0.857. The fourth-order valence-corrected chi connectivity index (χ4v) is 6.35. The van der Waals surface area contributed by atoms with Gasteiger partial charge in [0.25, 0.3) is 0 Å². The molecule has 3 saturated heterocycles. The molecule has 1 N–H and O–H groups in total. The Morgan fingerprint density at radius 2 is 1.92 bits per heavy atom. The summed E-state index contributed by atoms with van der Waals surface area (Å²) in [6.45, 7) is 15.9. The van der Waals surface area contributed by atoms with Crippen LogP contribution in [-0.4, -0.2) is 104 Å². The lowest BCUT2D eigenvalue weighted by Gasteiger charge is -2.44. The van der Waals surface area contributed by atoms with Crippen molar-refractivity contribution in [1.29, 1.82) is 0 Å². The van der Waals surface area contributed by atoms with E-state index in [1.165, 1.54) is 5.57 Å². The van der Waals surface area contributed by atoms with Gasteiger partial charge in [-0.05, 0) is 53.1 Å². The molecular formula is C28H47N3O6. The quantitative estimate of drug-likeness (QED) is 0.312. The number of likely N-dealkylation sites (tertiary alicyclic amines) is 1. The molecule has 3 aliphatic heterocycles. The summed E-state index contributed by atoms with van der Waals surface area (Å²) in [4.78, 5) is 29.2. The predicted octanol–water partition coefficient (Wildman–Crippen LogP) is 2.98. The Hall–Kier alpha value is -1.68. The van der Waals surface area contributed by atoms with Gasteiger partial charge in [-0.25, -0.2) is 4.79 Å². The maximum Gasteiger partial charge on any atom is 0.410 e. The highest BCUT2D eigenvalue weighted by Gasteiger charge is 2.72. The largest absolute Gasteiger partial charge is 0.443 e. The van der Waals surface area contributed by atoms with Crippen molar-refractivity contribution >= 4 is 12.0 Å². The SMILES string of the molecule is CCN(CC)CCNC(=O)CC1CN(C(=O)O[C@@H]2CC[C@]3(CO3)C([C@@]3(C)O[C@@H]3CC=C(C)C)[C@@H]2OC)C1. The van der Waals surface area contributed by atoms with Crippen molar-refractivity contribution in [3.8, 4) is 0 Å². The number of nitrogens with zero attached hydrogens (tertiary/aromatic N) is 2. The number of epoxide rings is 2. The molecule has 1 spiro atoms. The van der Waals surface area contributed by atoms with Crippen LogP contribution in [0.2, 0.25) is 0 Å². The Bertz CT molecular complexity index is 847. The second-order valence-electron chi connectivity index (χ2n) is 11.7. The average molecular weight is 522 g/mol. The van der Waals surface area contributed by atoms with Crippen molar-refractivity contribution in [3.05, 3.63) is 11.6 Å². The zero-order chi connectivity index (χ0) is 26.8. The van der Waals surface area contributed by atoms with Gasteiger partial charge < -0.3 is 34.1 Å². The van der Waals surface area contributed by atoms with Gasteiger partial charge in [-0.2, -0.15) is 0 Å². The number of methoxy groups -OCH3 is 1. The summed E-state index contributed by atoms with van der Waals surface area (Å²) < 4.78 is 24.2. The van der Waals surface area contributed by atoms with E-state index in [4.69, 9.17) is 18.9 Å². The molecule has 0 radical (unpaired) electrons. The highest BCUT2D eigenvalue weighted by atomic mass is 16.6. The number of carbonyl (C=O) groups is 2. The van der Waals surface area contributed by atoms with Crippen molar-refractivity contribution in [2.75, 3.05) is 53.0 Å². The molecule has 37 heavy (non-hydrogen) atoms. The summed E-state index contributed by atoms with van der Waals surface area (Å²) in [6.07, 6.45) is 4.24.